The van der Waals surface area contributed by atoms with E-state index in [1.807, 2.05) is 6.92 Å². The number of carbonyl (C=O) groups excluding carboxylic acids is 1. The molecular weight excluding hydrogens is 321 g/mol. The van der Waals surface area contributed by atoms with Crippen molar-refractivity contribution in [2.45, 2.75) is 25.4 Å². The molecule has 0 saturated carbocycles. The van der Waals surface area contributed by atoms with Crippen LogP contribution < -0.4 is 0 Å². The molecule has 0 N–H and O–H groups in total. The van der Waals surface area contributed by atoms with Crippen molar-refractivity contribution in [3.05, 3.63) is 29.7 Å². The Morgan fingerprint density at radius 3 is 2.61 bits per heavy atom. The number of aryl methyl sites for hydroxylation is 1. The number of carbonyl (C=O) groups is 1. The van der Waals surface area contributed by atoms with Crippen LogP contribution in [-0.2, 0) is 29.6 Å². The van der Waals surface area contributed by atoms with Crippen molar-refractivity contribution in [1.82, 2.24) is 14.6 Å². The second-order valence-corrected chi connectivity index (χ2v) is 7.18. The lowest BCUT2D eigenvalue weighted by Crippen LogP contribution is -2.20. The molecule has 0 fully saturated rings. The SMILES string of the molecule is CCCc1cc(C(C(=O)OC)P(=O)(OC)OC)n2nccc2n1. The van der Waals surface area contributed by atoms with Gasteiger partial charge in [0.2, 0.25) is 5.66 Å². The van der Waals surface area contributed by atoms with Crippen molar-refractivity contribution in [3.63, 3.8) is 0 Å². The number of nitrogens with zero attached hydrogens (tertiary/aromatic N) is 3. The molecule has 0 aliphatic rings. The Hall–Kier alpha value is -1.76. The van der Waals surface area contributed by atoms with Crippen LogP contribution in [-0.4, -0.2) is 41.9 Å². The van der Waals surface area contributed by atoms with Gasteiger partial charge in [-0.05, 0) is 12.5 Å². The number of aromatic nitrogens is 3. The molecule has 0 aliphatic heterocycles. The van der Waals surface area contributed by atoms with Crippen molar-refractivity contribution < 1.29 is 23.1 Å². The Balaban J connectivity index is 2.71. The molecule has 0 amide bonds. The van der Waals surface area contributed by atoms with Gasteiger partial charge in [-0.2, -0.15) is 5.10 Å². The van der Waals surface area contributed by atoms with Crippen molar-refractivity contribution in [2.75, 3.05) is 21.3 Å². The predicted octanol–water partition coefficient (Wildman–Crippen LogP) is 2.38. The standard InChI is InChI=1S/C14H20N3O5P/c1-5-6-10-9-11(17-12(16-10)7-8-15-17)13(14(18)20-2)23(19,21-3)22-4/h7-9,13H,5-6H2,1-4H3. The van der Waals surface area contributed by atoms with Gasteiger partial charge in [0.05, 0.1) is 19.0 Å². The van der Waals surface area contributed by atoms with Crippen molar-refractivity contribution in [1.29, 1.82) is 0 Å². The van der Waals surface area contributed by atoms with E-state index in [1.54, 1.807) is 18.3 Å². The molecule has 0 aromatic carbocycles. The molecule has 2 aromatic heterocycles. The zero-order chi connectivity index (χ0) is 17.0. The number of ether oxygens (including phenoxy) is 1. The van der Waals surface area contributed by atoms with E-state index in [9.17, 15) is 9.36 Å². The van der Waals surface area contributed by atoms with Crippen LogP contribution >= 0.6 is 7.60 Å². The van der Waals surface area contributed by atoms with E-state index in [0.717, 1.165) is 12.1 Å². The first-order chi connectivity index (χ1) is 11.0. The highest BCUT2D eigenvalue weighted by atomic mass is 31.2. The highest BCUT2D eigenvalue weighted by Crippen LogP contribution is 2.60. The Morgan fingerprint density at radius 2 is 2.04 bits per heavy atom. The van der Waals surface area contributed by atoms with Gasteiger partial charge >= 0.3 is 13.6 Å². The minimum Gasteiger partial charge on any atom is -0.468 e. The molecule has 0 aliphatic carbocycles. The second kappa shape index (κ2) is 7.21. The van der Waals surface area contributed by atoms with Gasteiger partial charge in [0, 0.05) is 26.0 Å². The molecule has 8 nitrogen and oxygen atoms in total. The van der Waals surface area contributed by atoms with E-state index in [0.29, 0.717) is 17.8 Å². The smallest absolute Gasteiger partial charge is 0.350 e. The minimum atomic E-state index is -3.77. The summed E-state index contributed by atoms with van der Waals surface area (Å²) in [7, 11) is -0.0845. The number of fused-ring (bicyclic) bond motifs is 1. The maximum Gasteiger partial charge on any atom is 0.350 e. The van der Waals surface area contributed by atoms with E-state index >= 15 is 0 Å². The van der Waals surface area contributed by atoms with Gasteiger partial charge in [0.15, 0.2) is 5.65 Å². The third kappa shape index (κ3) is 3.29. The molecule has 0 spiro atoms. The lowest BCUT2D eigenvalue weighted by atomic mass is 10.2. The largest absolute Gasteiger partial charge is 0.468 e. The normalized spacial score (nSPS) is 13.2. The van der Waals surface area contributed by atoms with E-state index in [2.05, 4.69) is 10.1 Å². The van der Waals surface area contributed by atoms with Crippen LogP contribution in [0.25, 0.3) is 5.65 Å². The summed E-state index contributed by atoms with van der Waals surface area (Å²) >= 11 is 0. The second-order valence-electron chi connectivity index (χ2n) is 4.85. The number of hydrogen-bond donors (Lipinski definition) is 0. The summed E-state index contributed by atoms with van der Waals surface area (Å²) in [4.78, 5) is 16.8. The summed E-state index contributed by atoms with van der Waals surface area (Å²) in [6, 6.07) is 3.40. The molecule has 1 unspecified atom stereocenters. The number of rotatable bonds is 7. The Kier molecular flexibility index (Phi) is 5.51. The highest BCUT2D eigenvalue weighted by Gasteiger charge is 2.44. The fourth-order valence-corrected chi connectivity index (χ4v) is 3.82. The van der Waals surface area contributed by atoms with E-state index < -0.39 is 19.2 Å². The summed E-state index contributed by atoms with van der Waals surface area (Å²) in [5.74, 6) is -0.720. The Bertz CT molecular complexity index is 737. The topological polar surface area (TPSA) is 92.0 Å². The molecule has 2 rings (SSSR count). The van der Waals surface area contributed by atoms with Gasteiger partial charge in [0.1, 0.15) is 0 Å². The Morgan fingerprint density at radius 1 is 1.35 bits per heavy atom. The van der Waals surface area contributed by atoms with Gasteiger partial charge in [-0.3, -0.25) is 9.36 Å². The van der Waals surface area contributed by atoms with E-state index in [-0.39, 0.29) is 0 Å². The molecule has 1 atom stereocenters. The van der Waals surface area contributed by atoms with Gasteiger partial charge in [0.25, 0.3) is 0 Å². The molecule has 0 bridgehead atoms. The highest BCUT2D eigenvalue weighted by molar-refractivity contribution is 7.55. The predicted molar refractivity (Wildman–Crippen MR) is 83.4 cm³/mol. The lowest BCUT2D eigenvalue weighted by molar-refractivity contribution is -0.140. The average molecular weight is 341 g/mol. The van der Waals surface area contributed by atoms with E-state index in [4.69, 9.17) is 13.8 Å². The minimum absolute atomic E-state index is 0.363. The lowest BCUT2D eigenvalue weighted by Gasteiger charge is -2.23. The van der Waals surface area contributed by atoms with E-state index in [1.165, 1.54) is 25.8 Å². The first-order valence-electron chi connectivity index (χ1n) is 7.13. The first kappa shape index (κ1) is 17.6. The summed E-state index contributed by atoms with van der Waals surface area (Å²) in [5, 5.41) is 4.15. The molecule has 126 valence electrons. The number of methoxy groups -OCH3 is 1. The summed E-state index contributed by atoms with van der Waals surface area (Å²) in [5.41, 5.74) is 0.438. The number of hydrogen-bond acceptors (Lipinski definition) is 7. The van der Waals surface area contributed by atoms with Gasteiger partial charge in [-0.1, -0.05) is 13.3 Å². The van der Waals surface area contributed by atoms with Crippen molar-refractivity contribution in [3.8, 4) is 0 Å². The summed E-state index contributed by atoms with van der Waals surface area (Å²) in [6.07, 6.45) is 3.15. The van der Waals surface area contributed by atoms with Gasteiger partial charge in [-0.15, -0.1) is 0 Å². The van der Waals surface area contributed by atoms with Gasteiger partial charge in [-0.25, -0.2) is 9.50 Å². The molecule has 9 heteroatoms. The third-order valence-corrected chi connectivity index (χ3v) is 5.60. The summed E-state index contributed by atoms with van der Waals surface area (Å²) in [6.45, 7) is 2.02. The van der Waals surface area contributed by atoms with Crippen LogP contribution in [0, 0.1) is 0 Å². The molecule has 0 radical (unpaired) electrons. The van der Waals surface area contributed by atoms with Crippen LogP contribution in [0.1, 0.15) is 30.4 Å². The zero-order valence-corrected chi connectivity index (χ0v) is 14.4. The quantitative estimate of drug-likeness (QED) is 0.564. The molecule has 0 saturated heterocycles. The maximum absolute atomic E-state index is 12.9. The van der Waals surface area contributed by atoms with Crippen LogP contribution in [0.3, 0.4) is 0 Å². The average Bonchev–Trinajstić information content (AvgIpc) is 3.03. The molecule has 2 aromatic rings. The first-order valence-corrected chi connectivity index (χ1v) is 8.74. The maximum atomic E-state index is 12.9. The zero-order valence-electron chi connectivity index (χ0n) is 13.6. The Labute approximate surface area is 134 Å². The molecular formula is C14H20N3O5P. The fraction of sp³-hybridized carbons (Fsp3) is 0.500. The fourth-order valence-electron chi connectivity index (χ4n) is 2.38. The number of esters is 1. The molecule has 2 heterocycles. The third-order valence-electron chi connectivity index (χ3n) is 3.48. The monoisotopic (exact) mass is 341 g/mol. The van der Waals surface area contributed by atoms with Crippen LogP contribution in [0.4, 0.5) is 0 Å². The van der Waals surface area contributed by atoms with Crippen LogP contribution in [0.15, 0.2) is 18.3 Å². The molecule has 23 heavy (non-hydrogen) atoms. The van der Waals surface area contributed by atoms with Crippen LogP contribution in [0.5, 0.6) is 0 Å². The van der Waals surface area contributed by atoms with Crippen molar-refractivity contribution >= 4 is 19.2 Å². The van der Waals surface area contributed by atoms with Gasteiger partial charge < -0.3 is 13.8 Å². The van der Waals surface area contributed by atoms with Crippen molar-refractivity contribution in [2.24, 2.45) is 0 Å². The van der Waals surface area contributed by atoms with Crippen LogP contribution in [0.2, 0.25) is 0 Å². The summed E-state index contributed by atoms with van der Waals surface area (Å²) < 4.78 is 29.2.